The molecule has 5 heteroatoms. The standard InChI is InChI=1S/C20H22ClNO3/c1-13(24-15-8-6-7-14(21)11-15)19(23)22-17-12-20(2,3)25-18-10-5-4-9-16(17)18/h4-11,13,17H,12H2,1-3H3,(H,22,23)/t13-,17-/m0/s1. The van der Waals surface area contributed by atoms with Crippen LogP contribution in [0.25, 0.3) is 0 Å². The highest BCUT2D eigenvalue weighted by Crippen LogP contribution is 2.39. The van der Waals surface area contributed by atoms with Gasteiger partial charge in [0, 0.05) is 17.0 Å². The SMILES string of the molecule is C[C@H](Oc1cccc(Cl)c1)C(=O)N[C@H]1CC(C)(C)Oc2ccccc21. The van der Waals surface area contributed by atoms with Crippen molar-refractivity contribution in [2.45, 2.75) is 44.9 Å². The summed E-state index contributed by atoms with van der Waals surface area (Å²) in [5, 5.41) is 3.66. The lowest BCUT2D eigenvalue weighted by atomic mass is 9.89. The normalized spacial score (nSPS) is 19.3. The molecule has 0 radical (unpaired) electrons. The van der Waals surface area contributed by atoms with E-state index in [0.29, 0.717) is 17.2 Å². The van der Waals surface area contributed by atoms with Crippen molar-refractivity contribution in [1.29, 1.82) is 0 Å². The maximum absolute atomic E-state index is 12.6. The van der Waals surface area contributed by atoms with Crippen LogP contribution >= 0.6 is 11.6 Å². The molecule has 0 aromatic heterocycles. The fraction of sp³-hybridized carbons (Fsp3) is 0.350. The topological polar surface area (TPSA) is 47.6 Å². The van der Waals surface area contributed by atoms with Crippen LogP contribution in [0.2, 0.25) is 5.02 Å². The summed E-state index contributed by atoms with van der Waals surface area (Å²) in [6.45, 7) is 5.77. The predicted molar refractivity (Wildman–Crippen MR) is 98.2 cm³/mol. The molecule has 132 valence electrons. The average molecular weight is 360 g/mol. The number of benzene rings is 2. The average Bonchev–Trinajstić information content (AvgIpc) is 2.53. The molecule has 1 aliphatic rings. The molecular formula is C20H22ClNO3. The summed E-state index contributed by atoms with van der Waals surface area (Å²) in [6, 6.07) is 14.7. The monoisotopic (exact) mass is 359 g/mol. The molecule has 0 bridgehead atoms. The van der Waals surface area contributed by atoms with Gasteiger partial charge in [-0.15, -0.1) is 0 Å². The zero-order chi connectivity index (χ0) is 18.0. The van der Waals surface area contributed by atoms with Crippen LogP contribution in [0.3, 0.4) is 0 Å². The molecule has 0 saturated carbocycles. The lowest BCUT2D eigenvalue weighted by molar-refractivity contribution is -0.128. The Morgan fingerprint density at radius 1 is 1.28 bits per heavy atom. The number of nitrogens with one attached hydrogen (secondary N) is 1. The van der Waals surface area contributed by atoms with E-state index in [0.717, 1.165) is 11.3 Å². The van der Waals surface area contributed by atoms with Crippen LogP contribution in [-0.4, -0.2) is 17.6 Å². The Morgan fingerprint density at radius 2 is 2.04 bits per heavy atom. The molecule has 2 atom stereocenters. The third-order valence-electron chi connectivity index (χ3n) is 4.17. The minimum atomic E-state index is -0.628. The second kappa shape index (κ2) is 6.96. The van der Waals surface area contributed by atoms with E-state index < -0.39 is 6.10 Å². The Bertz CT molecular complexity index is 775. The minimum Gasteiger partial charge on any atom is -0.487 e. The van der Waals surface area contributed by atoms with Crippen LogP contribution in [0.4, 0.5) is 0 Å². The molecule has 0 aliphatic carbocycles. The van der Waals surface area contributed by atoms with Crippen molar-refractivity contribution in [1.82, 2.24) is 5.32 Å². The Morgan fingerprint density at radius 3 is 2.80 bits per heavy atom. The van der Waals surface area contributed by atoms with Crippen molar-refractivity contribution in [3.8, 4) is 11.5 Å². The number of hydrogen-bond acceptors (Lipinski definition) is 3. The maximum atomic E-state index is 12.6. The predicted octanol–water partition coefficient (Wildman–Crippen LogP) is 4.53. The molecule has 4 nitrogen and oxygen atoms in total. The van der Waals surface area contributed by atoms with Gasteiger partial charge in [0.05, 0.1) is 6.04 Å². The van der Waals surface area contributed by atoms with Gasteiger partial charge in [-0.1, -0.05) is 35.9 Å². The summed E-state index contributed by atoms with van der Waals surface area (Å²) in [5.41, 5.74) is 0.647. The molecule has 1 N–H and O–H groups in total. The molecule has 3 rings (SSSR count). The fourth-order valence-electron chi connectivity index (χ4n) is 3.02. The molecule has 0 spiro atoms. The Labute approximate surface area is 153 Å². The second-order valence-electron chi connectivity index (χ2n) is 6.88. The molecule has 1 heterocycles. The van der Waals surface area contributed by atoms with Gasteiger partial charge >= 0.3 is 0 Å². The van der Waals surface area contributed by atoms with Crippen molar-refractivity contribution in [3.63, 3.8) is 0 Å². The Balaban J connectivity index is 1.72. The summed E-state index contributed by atoms with van der Waals surface area (Å²) < 4.78 is 11.7. The number of para-hydroxylation sites is 1. The van der Waals surface area contributed by atoms with E-state index in [1.165, 1.54) is 0 Å². The molecule has 25 heavy (non-hydrogen) atoms. The lowest BCUT2D eigenvalue weighted by Crippen LogP contribution is -2.44. The molecule has 1 aliphatic heterocycles. The summed E-state index contributed by atoms with van der Waals surface area (Å²) in [6.07, 6.45) is 0.0659. The van der Waals surface area contributed by atoms with Crippen LogP contribution in [-0.2, 0) is 4.79 Å². The van der Waals surface area contributed by atoms with Gasteiger partial charge < -0.3 is 14.8 Å². The summed E-state index contributed by atoms with van der Waals surface area (Å²) in [4.78, 5) is 12.6. The fourth-order valence-corrected chi connectivity index (χ4v) is 3.20. The van der Waals surface area contributed by atoms with Gasteiger partial charge in [0.25, 0.3) is 5.91 Å². The molecule has 0 saturated heterocycles. The van der Waals surface area contributed by atoms with Crippen LogP contribution in [0.15, 0.2) is 48.5 Å². The maximum Gasteiger partial charge on any atom is 0.261 e. The summed E-state index contributed by atoms with van der Waals surface area (Å²) in [5.74, 6) is 1.22. The number of rotatable bonds is 4. The van der Waals surface area contributed by atoms with E-state index in [2.05, 4.69) is 5.32 Å². The number of carbonyl (C=O) groups excluding carboxylic acids is 1. The van der Waals surface area contributed by atoms with E-state index in [1.54, 1.807) is 31.2 Å². The third-order valence-corrected chi connectivity index (χ3v) is 4.41. The van der Waals surface area contributed by atoms with Gasteiger partial charge in [0.15, 0.2) is 6.10 Å². The van der Waals surface area contributed by atoms with Gasteiger partial charge in [-0.3, -0.25) is 4.79 Å². The van der Waals surface area contributed by atoms with Gasteiger partial charge in [-0.05, 0) is 45.0 Å². The first-order valence-corrected chi connectivity index (χ1v) is 8.72. The molecule has 0 unspecified atom stereocenters. The highest BCUT2D eigenvalue weighted by atomic mass is 35.5. The zero-order valence-corrected chi connectivity index (χ0v) is 15.3. The van der Waals surface area contributed by atoms with Crippen LogP contribution in [0, 0.1) is 0 Å². The molecular weight excluding hydrogens is 338 g/mol. The highest BCUT2D eigenvalue weighted by Gasteiger charge is 2.35. The first-order chi connectivity index (χ1) is 11.8. The molecule has 1 amide bonds. The van der Waals surface area contributed by atoms with Crippen molar-refractivity contribution >= 4 is 17.5 Å². The van der Waals surface area contributed by atoms with E-state index in [4.69, 9.17) is 21.1 Å². The number of amides is 1. The Kier molecular flexibility index (Phi) is 4.91. The summed E-state index contributed by atoms with van der Waals surface area (Å²) in [7, 11) is 0. The second-order valence-corrected chi connectivity index (χ2v) is 7.32. The summed E-state index contributed by atoms with van der Waals surface area (Å²) >= 11 is 5.96. The number of halogens is 1. The van der Waals surface area contributed by atoms with Crippen molar-refractivity contribution in [2.24, 2.45) is 0 Å². The number of fused-ring (bicyclic) bond motifs is 1. The zero-order valence-electron chi connectivity index (χ0n) is 14.6. The van der Waals surface area contributed by atoms with E-state index in [1.807, 2.05) is 38.1 Å². The van der Waals surface area contributed by atoms with E-state index >= 15 is 0 Å². The minimum absolute atomic E-state index is 0.113. The van der Waals surface area contributed by atoms with E-state index in [9.17, 15) is 4.79 Å². The van der Waals surface area contributed by atoms with Gasteiger partial charge in [0.1, 0.15) is 17.1 Å². The van der Waals surface area contributed by atoms with E-state index in [-0.39, 0.29) is 17.6 Å². The number of ether oxygens (including phenoxy) is 2. The lowest BCUT2D eigenvalue weighted by Gasteiger charge is -2.38. The number of carbonyl (C=O) groups is 1. The quantitative estimate of drug-likeness (QED) is 0.872. The largest absolute Gasteiger partial charge is 0.487 e. The molecule has 2 aromatic rings. The first-order valence-electron chi connectivity index (χ1n) is 8.35. The first kappa shape index (κ1) is 17.6. The van der Waals surface area contributed by atoms with Crippen LogP contribution in [0.5, 0.6) is 11.5 Å². The van der Waals surface area contributed by atoms with Crippen molar-refractivity contribution < 1.29 is 14.3 Å². The molecule has 0 fully saturated rings. The van der Waals surface area contributed by atoms with Crippen molar-refractivity contribution in [2.75, 3.05) is 0 Å². The van der Waals surface area contributed by atoms with Crippen LogP contribution < -0.4 is 14.8 Å². The smallest absolute Gasteiger partial charge is 0.261 e. The Hall–Kier alpha value is -2.20. The van der Waals surface area contributed by atoms with Crippen LogP contribution in [0.1, 0.15) is 38.8 Å². The molecule has 2 aromatic carbocycles. The highest BCUT2D eigenvalue weighted by molar-refractivity contribution is 6.30. The van der Waals surface area contributed by atoms with Crippen molar-refractivity contribution in [3.05, 3.63) is 59.1 Å². The van der Waals surface area contributed by atoms with Gasteiger partial charge in [-0.25, -0.2) is 0 Å². The third kappa shape index (κ3) is 4.26. The number of hydrogen-bond donors (Lipinski definition) is 1. The van der Waals surface area contributed by atoms with Gasteiger partial charge in [-0.2, -0.15) is 0 Å². The van der Waals surface area contributed by atoms with Gasteiger partial charge in [0.2, 0.25) is 0 Å².